The maximum atomic E-state index is 5.48. The molecule has 0 radical (unpaired) electrons. The molecule has 0 heterocycles. The fourth-order valence-electron chi connectivity index (χ4n) is 2.29. The lowest BCUT2D eigenvalue weighted by molar-refractivity contribution is 0.340. The van der Waals surface area contributed by atoms with Crippen molar-refractivity contribution < 1.29 is 9.47 Å². The molecule has 0 aliphatic heterocycles. The Kier molecular flexibility index (Phi) is 7.36. The second-order valence-corrected chi connectivity index (χ2v) is 5.70. The monoisotopic (exact) mass is 344 g/mol. The minimum Gasteiger partial charge on any atom is -0.497 e. The van der Waals surface area contributed by atoms with Gasteiger partial charge in [-0.3, -0.25) is 0 Å². The Morgan fingerprint density at radius 3 is 2.58 bits per heavy atom. The molecular formula is C19H24N2O2S. The Bertz CT molecular complexity index is 644. The summed E-state index contributed by atoms with van der Waals surface area (Å²) in [5, 5.41) is 7.03. The molecule has 0 bridgehead atoms. The topological polar surface area (TPSA) is 42.5 Å². The van der Waals surface area contributed by atoms with Crippen molar-refractivity contribution in [3.05, 3.63) is 54.1 Å². The summed E-state index contributed by atoms with van der Waals surface area (Å²) in [6.07, 6.45) is 2.01. The first-order valence-corrected chi connectivity index (χ1v) is 8.52. The highest BCUT2D eigenvalue weighted by molar-refractivity contribution is 7.80. The molecule has 0 fully saturated rings. The van der Waals surface area contributed by atoms with Crippen LogP contribution in [0.5, 0.6) is 11.5 Å². The van der Waals surface area contributed by atoms with Crippen molar-refractivity contribution in [3.8, 4) is 11.5 Å². The molecule has 5 heteroatoms. The largest absolute Gasteiger partial charge is 0.497 e. The van der Waals surface area contributed by atoms with E-state index in [0.717, 1.165) is 36.6 Å². The number of aryl methyl sites for hydroxylation is 1. The maximum absolute atomic E-state index is 5.48. The van der Waals surface area contributed by atoms with Crippen LogP contribution in [-0.2, 0) is 6.42 Å². The van der Waals surface area contributed by atoms with Crippen molar-refractivity contribution in [2.45, 2.75) is 19.8 Å². The van der Waals surface area contributed by atoms with E-state index in [1.807, 2.05) is 43.3 Å². The third-order valence-electron chi connectivity index (χ3n) is 3.49. The molecule has 4 nitrogen and oxygen atoms in total. The van der Waals surface area contributed by atoms with Gasteiger partial charge in [0.1, 0.15) is 11.5 Å². The number of hydrogen-bond acceptors (Lipinski definition) is 3. The van der Waals surface area contributed by atoms with Crippen LogP contribution in [0, 0.1) is 0 Å². The molecule has 0 saturated carbocycles. The van der Waals surface area contributed by atoms with Crippen LogP contribution in [0.2, 0.25) is 0 Å². The first kappa shape index (κ1) is 18.1. The molecule has 0 unspecified atom stereocenters. The van der Waals surface area contributed by atoms with Crippen molar-refractivity contribution in [1.82, 2.24) is 5.32 Å². The van der Waals surface area contributed by atoms with Crippen LogP contribution in [0.3, 0.4) is 0 Å². The quantitative estimate of drug-likeness (QED) is 0.559. The summed E-state index contributed by atoms with van der Waals surface area (Å²) in [7, 11) is 1.68. The van der Waals surface area contributed by atoms with Gasteiger partial charge in [-0.05, 0) is 61.8 Å². The summed E-state index contributed by atoms with van der Waals surface area (Å²) >= 11 is 5.33. The molecule has 0 saturated heterocycles. The number of methoxy groups -OCH3 is 1. The second-order valence-electron chi connectivity index (χ2n) is 5.29. The third-order valence-corrected chi connectivity index (χ3v) is 3.74. The Morgan fingerprint density at radius 2 is 1.88 bits per heavy atom. The SMILES string of the molecule is CCOc1cccc(NC(=S)NCCCc2ccc(OC)cc2)c1. The number of anilines is 1. The van der Waals surface area contributed by atoms with E-state index in [4.69, 9.17) is 21.7 Å². The van der Waals surface area contributed by atoms with Gasteiger partial charge in [0, 0.05) is 18.3 Å². The van der Waals surface area contributed by atoms with Crippen molar-refractivity contribution in [2.75, 3.05) is 25.6 Å². The maximum Gasteiger partial charge on any atom is 0.170 e. The van der Waals surface area contributed by atoms with E-state index < -0.39 is 0 Å². The van der Waals surface area contributed by atoms with E-state index in [-0.39, 0.29) is 0 Å². The number of ether oxygens (including phenoxy) is 2. The van der Waals surface area contributed by atoms with Gasteiger partial charge in [0.2, 0.25) is 0 Å². The van der Waals surface area contributed by atoms with Gasteiger partial charge < -0.3 is 20.1 Å². The lowest BCUT2D eigenvalue weighted by Crippen LogP contribution is -2.29. The number of benzene rings is 2. The zero-order valence-corrected chi connectivity index (χ0v) is 15.0. The number of rotatable bonds is 8. The van der Waals surface area contributed by atoms with Gasteiger partial charge in [-0.25, -0.2) is 0 Å². The highest BCUT2D eigenvalue weighted by atomic mass is 32.1. The molecule has 2 rings (SSSR count). The van der Waals surface area contributed by atoms with Crippen molar-refractivity contribution in [2.24, 2.45) is 0 Å². The fourth-order valence-corrected chi connectivity index (χ4v) is 2.51. The normalized spacial score (nSPS) is 10.1. The molecule has 2 aromatic carbocycles. The first-order valence-electron chi connectivity index (χ1n) is 8.12. The standard InChI is InChI=1S/C19H24N2O2S/c1-3-23-18-8-4-7-16(14-18)21-19(24)20-13-5-6-15-9-11-17(22-2)12-10-15/h4,7-12,14H,3,5-6,13H2,1-2H3,(H2,20,21,24). The van der Waals surface area contributed by atoms with Crippen LogP contribution in [-0.4, -0.2) is 25.4 Å². The van der Waals surface area contributed by atoms with E-state index >= 15 is 0 Å². The average molecular weight is 344 g/mol. The molecule has 0 spiro atoms. The molecule has 0 amide bonds. The van der Waals surface area contributed by atoms with Gasteiger partial charge in [0.15, 0.2) is 5.11 Å². The predicted octanol–water partition coefficient (Wildman–Crippen LogP) is 4.01. The van der Waals surface area contributed by atoms with Crippen LogP contribution >= 0.6 is 12.2 Å². The molecule has 128 valence electrons. The fraction of sp³-hybridized carbons (Fsp3) is 0.316. The first-order chi connectivity index (χ1) is 11.7. The van der Waals surface area contributed by atoms with Crippen LogP contribution in [0.1, 0.15) is 18.9 Å². The zero-order valence-electron chi connectivity index (χ0n) is 14.2. The predicted molar refractivity (Wildman–Crippen MR) is 103 cm³/mol. The molecule has 2 aromatic rings. The minimum atomic E-state index is 0.623. The number of nitrogens with one attached hydrogen (secondary N) is 2. The summed E-state index contributed by atoms with van der Waals surface area (Å²) in [4.78, 5) is 0. The van der Waals surface area contributed by atoms with Crippen molar-refractivity contribution in [3.63, 3.8) is 0 Å². The summed E-state index contributed by atoms with van der Waals surface area (Å²) in [5.41, 5.74) is 2.22. The molecule has 2 N–H and O–H groups in total. The van der Waals surface area contributed by atoms with Gasteiger partial charge in [0.05, 0.1) is 13.7 Å². The van der Waals surface area contributed by atoms with Gasteiger partial charge in [-0.15, -0.1) is 0 Å². The van der Waals surface area contributed by atoms with Gasteiger partial charge in [-0.1, -0.05) is 18.2 Å². The summed E-state index contributed by atoms with van der Waals surface area (Å²) in [6, 6.07) is 15.9. The van der Waals surface area contributed by atoms with Crippen molar-refractivity contribution in [1.29, 1.82) is 0 Å². The highest BCUT2D eigenvalue weighted by Crippen LogP contribution is 2.17. The van der Waals surface area contributed by atoms with Crippen LogP contribution in [0.25, 0.3) is 0 Å². The average Bonchev–Trinajstić information content (AvgIpc) is 2.60. The molecule has 0 atom stereocenters. The lowest BCUT2D eigenvalue weighted by atomic mass is 10.1. The van der Waals surface area contributed by atoms with Crippen LogP contribution < -0.4 is 20.1 Å². The van der Waals surface area contributed by atoms with E-state index in [0.29, 0.717) is 11.7 Å². The molecular weight excluding hydrogens is 320 g/mol. The van der Waals surface area contributed by atoms with E-state index in [1.165, 1.54) is 5.56 Å². The minimum absolute atomic E-state index is 0.623. The smallest absolute Gasteiger partial charge is 0.170 e. The van der Waals surface area contributed by atoms with E-state index in [1.54, 1.807) is 7.11 Å². The Morgan fingerprint density at radius 1 is 1.08 bits per heavy atom. The zero-order chi connectivity index (χ0) is 17.2. The molecule has 0 aliphatic carbocycles. The van der Waals surface area contributed by atoms with Crippen molar-refractivity contribution >= 4 is 23.0 Å². The summed E-state index contributed by atoms with van der Waals surface area (Å²) in [6.45, 7) is 3.44. The highest BCUT2D eigenvalue weighted by Gasteiger charge is 2.00. The lowest BCUT2D eigenvalue weighted by Gasteiger charge is -2.12. The van der Waals surface area contributed by atoms with E-state index in [9.17, 15) is 0 Å². The second kappa shape index (κ2) is 9.78. The third kappa shape index (κ3) is 6.08. The summed E-state index contributed by atoms with van der Waals surface area (Å²) in [5.74, 6) is 1.72. The molecule has 24 heavy (non-hydrogen) atoms. The van der Waals surface area contributed by atoms with Crippen LogP contribution in [0.4, 0.5) is 5.69 Å². The molecule has 0 aliphatic rings. The Labute approximate surface area is 149 Å². The van der Waals surface area contributed by atoms with Gasteiger partial charge >= 0.3 is 0 Å². The summed E-state index contributed by atoms with van der Waals surface area (Å²) < 4.78 is 10.6. The number of hydrogen-bond donors (Lipinski definition) is 2. The van der Waals surface area contributed by atoms with Gasteiger partial charge in [0.25, 0.3) is 0 Å². The Balaban J connectivity index is 1.70. The Hall–Kier alpha value is -2.27. The molecule has 0 aromatic heterocycles. The van der Waals surface area contributed by atoms with Gasteiger partial charge in [-0.2, -0.15) is 0 Å². The van der Waals surface area contributed by atoms with E-state index in [2.05, 4.69) is 22.8 Å². The van der Waals surface area contributed by atoms with Crippen LogP contribution in [0.15, 0.2) is 48.5 Å². The number of thiocarbonyl (C=S) groups is 1.